The Kier molecular flexibility index (Phi) is 3.38. The zero-order chi connectivity index (χ0) is 16.9. The molecule has 0 unspecified atom stereocenters. The Bertz CT molecular complexity index is 1080. The molecule has 0 radical (unpaired) electrons. The van der Waals surface area contributed by atoms with E-state index in [2.05, 4.69) is 10.1 Å². The quantitative estimate of drug-likeness (QED) is 0.760. The fourth-order valence-corrected chi connectivity index (χ4v) is 4.76. The monoisotopic (exact) mass is 347 g/mol. The fraction of sp³-hybridized carbons (Fsp3) is 0.375. The van der Waals surface area contributed by atoms with Crippen molar-refractivity contribution in [3.05, 3.63) is 34.7 Å². The van der Waals surface area contributed by atoms with Crippen LogP contribution in [0.1, 0.15) is 18.9 Å². The molecule has 1 saturated heterocycles. The van der Waals surface area contributed by atoms with Crippen molar-refractivity contribution in [2.24, 2.45) is 0 Å². The molecule has 1 aliphatic heterocycles. The van der Waals surface area contributed by atoms with Crippen LogP contribution >= 0.6 is 0 Å². The molecule has 126 valence electrons. The van der Waals surface area contributed by atoms with Crippen molar-refractivity contribution >= 4 is 31.6 Å². The molecule has 8 heteroatoms. The molecule has 0 bridgehead atoms. The van der Waals surface area contributed by atoms with Crippen molar-refractivity contribution in [3.63, 3.8) is 0 Å². The summed E-state index contributed by atoms with van der Waals surface area (Å²) in [5, 5.41) is 5.93. The summed E-state index contributed by atoms with van der Waals surface area (Å²) in [4.78, 5) is 15.9. The minimum Gasteiger partial charge on any atom is -0.497 e. The molecular formula is C16H17N3O4S. The van der Waals surface area contributed by atoms with Crippen LogP contribution in [0.25, 0.3) is 21.8 Å². The predicted octanol–water partition coefficient (Wildman–Crippen LogP) is 1.64. The first-order chi connectivity index (χ1) is 11.5. The number of rotatable bonds is 2. The number of aromatic nitrogens is 3. The summed E-state index contributed by atoms with van der Waals surface area (Å²) in [6.07, 6.45) is 2.52. The number of nitrogens with zero attached hydrogens (tertiary/aromatic N) is 2. The highest BCUT2D eigenvalue weighted by molar-refractivity contribution is 7.91. The van der Waals surface area contributed by atoms with Crippen LogP contribution in [0.5, 0.6) is 5.75 Å². The molecule has 24 heavy (non-hydrogen) atoms. The second kappa shape index (κ2) is 5.34. The largest absolute Gasteiger partial charge is 0.497 e. The van der Waals surface area contributed by atoms with Gasteiger partial charge in [0.1, 0.15) is 21.1 Å². The van der Waals surface area contributed by atoms with Crippen molar-refractivity contribution in [1.82, 2.24) is 14.8 Å². The van der Waals surface area contributed by atoms with Gasteiger partial charge in [0.2, 0.25) is 0 Å². The number of hydrogen-bond acceptors (Lipinski definition) is 5. The smallest absolute Gasteiger partial charge is 0.291 e. The molecule has 1 N–H and O–H groups in total. The van der Waals surface area contributed by atoms with Gasteiger partial charge in [-0.1, -0.05) is 0 Å². The summed E-state index contributed by atoms with van der Waals surface area (Å²) >= 11 is 0. The van der Waals surface area contributed by atoms with Crippen LogP contribution in [0, 0.1) is 0 Å². The van der Waals surface area contributed by atoms with Gasteiger partial charge in [-0.05, 0) is 31.0 Å². The van der Waals surface area contributed by atoms with E-state index in [0.29, 0.717) is 24.1 Å². The summed E-state index contributed by atoms with van der Waals surface area (Å²) in [7, 11) is -1.38. The number of ether oxygens (including phenoxy) is 1. The Morgan fingerprint density at radius 2 is 2.00 bits per heavy atom. The van der Waals surface area contributed by atoms with E-state index in [0.717, 1.165) is 16.3 Å². The molecule has 7 nitrogen and oxygen atoms in total. The van der Waals surface area contributed by atoms with Gasteiger partial charge in [0.25, 0.3) is 5.56 Å². The third-order valence-electron chi connectivity index (χ3n) is 4.65. The molecule has 0 saturated carbocycles. The zero-order valence-electron chi connectivity index (χ0n) is 13.2. The molecule has 4 rings (SSSR count). The maximum Gasteiger partial charge on any atom is 0.291 e. The summed E-state index contributed by atoms with van der Waals surface area (Å²) in [5.41, 5.74) is 1.11. The number of sulfone groups is 1. The first kappa shape index (κ1) is 15.2. The number of aromatic amines is 1. The summed E-state index contributed by atoms with van der Waals surface area (Å²) in [5.74, 6) is 0.923. The minimum atomic E-state index is -2.97. The number of methoxy groups -OCH3 is 1. The number of hydrogen-bond donors (Lipinski definition) is 1. The Morgan fingerprint density at radius 3 is 2.71 bits per heavy atom. The zero-order valence-corrected chi connectivity index (χ0v) is 14.0. The highest BCUT2D eigenvalue weighted by atomic mass is 32.2. The molecule has 0 spiro atoms. The Morgan fingerprint density at radius 1 is 1.25 bits per heavy atom. The van der Waals surface area contributed by atoms with Crippen LogP contribution in [0.2, 0.25) is 0 Å². The summed E-state index contributed by atoms with van der Waals surface area (Å²) in [6, 6.07) is 5.39. The molecule has 2 aromatic heterocycles. The van der Waals surface area contributed by atoms with E-state index >= 15 is 0 Å². The fourth-order valence-electron chi connectivity index (χ4n) is 3.29. The number of fused-ring (bicyclic) bond motifs is 3. The van der Waals surface area contributed by atoms with Gasteiger partial charge in [-0.2, -0.15) is 5.10 Å². The number of benzene rings is 1. The second-order valence-corrected chi connectivity index (χ2v) is 8.41. The first-order valence-corrected chi connectivity index (χ1v) is 9.58. The van der Waals surface area contributed by atoms with Gasteiger partial charge in [-0.3, -0.25) is 4.79 Å². The minimum absolute atomic E-state index is 0.105. The molecule has 1 aliphatic rings. The molecule has 3 aromatic rings. The predicted molar refractivity (Wildman–Crippen MR) is 91.3 cm³/mol. The maximum absolute atomic E-state index is 12.8. The average Bonchev–Trinajstić information content (AvgIpc) is 2.94. The highest BCUT2D eigenvalue weighted by Crippen LogP contribution is 2.28. The van der Waals surface area contributed by atoms with Crippen LogP contribution in [-0.2, 0) is 9.84 Å². The van der Waals surface area contributed by atoms with E-state index in [-0.39, 0.29) is 23.1 Å². The third kappa shape index (κ3) is 2.37. The van der Waals surface area contributed by atoms with Gasteiger partial charge < -0.3 is 9.72 Å². The average molecular weight is 347 g/mol. The Hall–Kier alpha value is -2.35. The van der Waals surface area contributed by atoms with Crippen molar-refractivity contribution < 1.29 is 13.2 Å². The summed E-state index contributed by atoms with van der Waals surface area (Å²) in [6.45, 7) is 0. The normalized spacial score (nSPS) is 18.2. The maximum atomic E-state index is 12.8. The first-order valence-electron chi connectivity index (χ1n) is 7.76. The molecule has 0 atom stereocenters. The van der Waals surface area contributed by atoms with E-state index < -0.39 is 9.84 Å². The van der Waals surface area contributed by atoms with Crippen molar-refractivity contribution in [2.75, 3.05) is 18.6 Å². The van der Waals surface area contributed by atoms with E-state index in [1.54, 1.807) is 13.3 Å². The van der Waals surface area contributed by atoms with E-state index in [1.165, 1.54) is 4.68 Å². The van der Waals surface area contributed by atoms with Crippen LogP contribution in [0.15, 0.2) is 29.2 Å². The molecule has 1 fully saturated rings. The van der Waals surface area contributed by atoms with Gasteiger partial charge in [-0.15, -0.1) is 0 Å². The second-order valence-electron chi connectivity index (χ2n) is 6.10. The molecule has 0 aliphatic carbocycles. The van der Waals surface area contributed by atoms with Crippen molar-refractivity contribution in [3.8, 4) is 5.75 Å². The Labute approximate surface area is 138 Å². The van der Waals surface area contributed by atoms with Gasteiger partial charge >= 0.3 is 0 Å². The topological polar surface area (TPSA) is 94.0 Å². The van der Waals surface area contributed by atoms with Crippen LogP contribution in [0.3, 0.4) is 0 Å². The van der Waals surface area contributed by atoms with Crippen molar-refractivity contribution in [1.29, 1.82) is 0 Å². The van der Waals surface area contributed by atoms with Gasteiger partial charge in [0.05, 0.1) is 30.9 Å². The van der Waals surface area contributed by atoms with Gasteiger partial charge in [0.15, 0.2) is 0 Å². The lowest BCUT2D eigenvalue weighted by Gasteiger charge is -2.22. The van der Waals surface area contributed by atoms with E-state index in [4.69, 9.17) is 4.74 Å². The molecule has 1 aromatic carbocycles. The number of H-pyrrole nitrogens is 1. The van der Waals surface area contributed by atoms with Crippen LogP contribution in [0.4, 0.5) is 0 Å². The molecule has 0 amide bonds. The van der Waals surface area contributed by atoms with Crippen molar-refractivity contribution in [2.45, 2.75) is 18.9 Å². The Balaban J connectivity index is 1.84. The lowest BCUT2D eigenvalue weighted by molar-refractivity contribution is 0.399. The third-order valence-corrected chi connectivity index (χ3v) is 6.36. The molecule has 3 heterocycles. The summed E-state index contributed by atoms with van der Waals surface area (Å²) < 4.78 is 29.8. The molecular weight excluding hydrogens is 330 g/mol. The van der Waals surface area contributed by atoms with Crippen LogP contribution < -0.4 is 10.3 Å². The SMILES string of the molecule is COc1ccc2[nH]c3c(=O)n(C4CCS(=O)(=O)CC4)ncc3c2c1. The van der Waals surface area contributed by atoms with E-state index in [1.807, 2.05) is 18.2 Å². The van der Waals surface area contributed by atoms with Gasteiger partial charge in [0, 0.05) is 16.3 Å². The lowest BCUT2D eigenvalue weighted by Crippen LogP contribution is -2.33. The van der Waals surface area contributed by atoms with Gasteiger partial charge in [-0.25, -0.2) is 13.1 Å². The number of nitrogens with one attached hydrogen (secondary N) is 1. The van der Waals surface area contributed by atoms with Crippen LogP contribution in [-0.4, -0.2) is 41.8 Å². The standard InChI is InChI=1S/C16H17N3O4S/c1-23-11-2-3-14-12(8-11)13-9-17-19(16(20)15(13)18-14)10-4-6-24(21,22)7-5-10/h2-3,8-10,18H,4-7H2,1H3. The highest BCUT2D eigenvalue weighted by Gasteiger charge is 2.26. The lowest BCUT2D eigenvalue weighted by atomic mass is 10.1. The van der Waals surface area contributed by atoms with E-state index in [9.17, 15) is 13.2 Å².